The van der Waals surface area contributed by atoms with Crippen LogP contribution in [0.15, 0.2) is 66.8 Å². The first kappa shape index (κ1) is 19.8. The molecular formula is C20H16N4O2S4. The fourth-order valence-electron chi connectivity index (χ4n) is 3.20. The Morgan fingerprint density at radius 1 is 0.633 bits per heavy atom. The second kappa shape index (κ2) is 8.54. The van der Waals surface area contributed by atoms with E-state index in [2.05, 4.69) is 22.3 Å². The third kappa shape index (κ3) is 4.18. The predicted octanol–water partition coefficient (Wildman–Crippen LogP) is 3.92. The van der Waals surface area contributed by atoms with Crippen molar-refractivity contribution in [1.82, 2.24) is 19.6 Å². The molecule has 4 bridgehead atoms. The van der Waals surface area contributed by atoms with Gasteiger partial charge in [-0.15, -0.1) is 0 Å². The summed E-state index contributed by atoms with van der Waals surface area (Å²) < 4.78 is 4.56. The molecule has 0 unspecified atom stereocenters. The molecule has 0 N–H and O–H groups in total. The van der Waals surface area contributed by atoms with Crippen molar-refractivity contribution >= 4 is 46.2 Å². The maximum Gasteiger partial charge on any atom is 0.326 e. The minimum absolute atomic E-state index is 0.0754. The highest BCUT2D eigenvalue weighted by atomic mass is 32.2. The summed E-state index contributed by atoms with van der Waals surface area (Å²) in [6.45, 7) is 0.756. The zero-order chi connectivity index (χ0) is 20.5. The number of rotatable bonds is 0. The van der Waals surface area contributed by atoms with Gasteiger partial charge in [-0.25, -0.2) is 9.36 Å². The number of hydrogen-bond acceptors (Lipinski definition) is 8. The molecular weight excluding hydrogens is 457 g/mol. The fourth-order valence-corrected chi connectivity index (χ4v) is 6.88. The highest BCUT2D eigenvalue weighted by molar-refractivity contribution is 8.00. The van der Waals surface area contributed by atoms with E-state index in [1.165, 1.54) is 43.2 Å². The standard InChI is InChI=1S/C20H16N4O2S4/c25-19-23-9-13-5-1-2-6-14(13)10-24-20(26)30-18(22-24)28-12-16-8-4-3-7-15(16)11-27-17(21-23)29-19/h1-8H,9-12H2. The summed E-state index contributed by atoms with van der Waals surface area (Å²) >= 11 is 5.53. The molecule has 6 nitrogen and oxygen atoms in total. The van der Waals surface area contributed by atoms with Gasteiger partial charge in [-0.2, -0.15) is 10.2 Å². The Labute approximate surface area is 188 Å². The normalized spacial score (nSPS) is 14.1. The van der Waals surface area contributed by atoms with Crippen molar-refractivity contribution in [3.05, 3.63) is 90.1 Å². The van der Waals surface area contributed by atoms with Crippen LogP contribution in [0.2, 0.25) is 0 Å². The Bertz CT molecular complexity index is 1220. The van der Waals surface area contributed by atoms with Gasteiger partial charge in [0, 0.05) is 11.5 Å². The summed E-state index contributed by atoms with van der Waals surface area (Å²) in [5.74, 6) is 1.48. The Kier molecular flexibility index (Phi) is 5.64. The molecule has 5 rings (SSSR count). The first-order valence-corrected chi connectivity index (χ1v) is 12.8. The highest BCUT2D eigenvalue weighted by Gasteiger charge is 2.15. The minimum atomic E-state index is -0.0754. The van der Waals surface area contributed by atoms with E-state index < -0.39 is 0 Å². The molecule has 2 aromatic carbocycles. The van der Waals surface area contributed by atoms with Gasteiger partial charge in [-0.1, -0.05) is 72.1 Å². The van der Waals surface area contributed by atoms with Gasteiger partial charge in [-0.05, 0) is 44.9 Å². The number of benzene rings is 2. The van der Waals surface area contributed by atoms with Crippen molar-refractivity contribution in [3.63, 3.8) is 0 Å². The molecule has 0 radical (unpaired) electrons. The third-order valence-electron chi connectivity index (χ3n) is 4.75. The fraction of sp³-hybridized carbons (Fsp3) is 0.200. The molecule has 0 amide bonds. The van der Waals surface area contributed by atoms with Crippen LogP contribution in [0.5, 0.6) is 0 Å². The van der Waals surface area contributed by atoms with E-state index in [-0.39, 0.29) is 9.75 Å². The van der Waals surface area contributed by atoms with E-state index in [4.69, 9.17) is 0 Å². The number of hydrogen-bond donors (Lipinski definition) is 0. The molecule has 3 heterocycles. The predicted molar refractivity (Wildman–Crippen MR) is 123 cm³/mol. The lowest BCUT2D eigenvalue weighted by Crippen LogP contribution is -2.19. The Morgan fingerprint density at radius 3 is 1.47 bits per heavy atom. The van der Waals surface area contributed by atoms with Gasteiger partial charge < -0.3 is 0 Å². The Balaban J connectivity index is 1.58. The second-order valence-corrected chi connectivity index (χ2v) is 11.0. The monoisotopic (exact) mass is 472 g/mol. The summed E-state index contributed by atoms with van der Waals surface area (Å²) in [7, 11) is 0. The topological polar surface area (TPSA) is 69.8 Å². The highest BCUT2D eigenvalue weighted by Crippen LogP contribution is 2.29. The van der Waals surface area contributed by atoms with E-state index in [9.17, 15) is 9.59 Å². The van der Waals surface area contributed by atoms with Crippen LogP contribution in [-0.4, -0.2) is 19.6 Å². The van der Waals surface area contributed by atoms with Crippen molar-refractivity contribution in [2.45, 2.75) is 33.3 Å². The van der Waals surface area contributed by atoms with Crippen molar-refractivity contribution in [3.8, 4) is 0 Å². The smallest absolute Gasteiger partial charge is 0.255 e. The summed E-state index contributed by atoms with van der Waals surface area (Å²) in [4.78, 5) is 24.9. The third-order valence-corrected chi connectivity index (χ3v) is 8.81. The van der Waals surface area contributed by atoms with E-state index in [1.807, 2.05) is 36.4 Å². The van der Waals surface area contributed by atoms with Crippen LogP contribution in [0.25, 0.3) is 0 Å². The zero-order valence-corrected chi connectivity index (χ0v) is 19.0. The lowest BCUT2D eigenvalue weighted by Gasteiger charge is -2.09. The summed E-state index contributed by atoms with van der Waals surface area (Å²) in [5, 5.41) is 9.08. The molecule has 0 aliphatic carbocycles. The molecule has 152 valence electrons. The van der Waals surface area contributed by atoms with Crippen molar-refractivity contribution in [2.24, 2.45) is 0 Å². The van der Waals surface area contributed by atoms with Gasteiger partial charge >= 0.3 is 9.75 Å². The van der Waals surface area contributed by atoms with Gasteiger partial charge in [0.15, 0.2) is 8.68 Å². The molecule has 1 aliphatic heterocycles. The van der Waals surface area contributed by atoms with Gasteiger partial charge in [0.05, 0.1) is 13.1 Å². The molecule has 2 aromatic heterocycles. The average molecular weight is 473 g/mol. The lowest BCUT2D eigenvalue weighted by molar-refractivity contribution is 0.616. The van der Waals surface area contributed by atoms with Crippen LogP contribution in [-0.2, 0) is 24.6 Å². The van der Waals surface area contributed by atoms with Gasteiger partial charge in [0.2, 0.25) is 0 Å². The zero-order valence-electron chi connectivity index (χ0n) is 15.7. The summed E-state index contributed by atoms with van der Waals surface area (Å²) in [6, 6.07) is 16.1. The van der Waals surface area contributed by atoms with Crippen LogP contribution in [0, 0.1) is 0 Å². The Morgan fingerprint density at radius 2 is 1.03 bits per heavy atom. The molecule has 0 spiro atoms. The van der Waals surface area contributed by atoms with E-state index in [1.54, 1.807) is 23.5 Å². The molecule has 0 fully saturated rings. The molecule has 10 heteroatoms. The van der Waals surface area contributed by atoms with Crippen molar-refractivity contribution < 1.29 is 0 Å². The van der Waals surface area contributed by atoms with E-state index in [0.29, 0.717) is 13.1 Å². The minimum Gasteiger partial charge on any atom is -0.255 e. The van der Waals surface area contributed by atoms with Crippen LogP contribution < -0.4 is 9.75 Å². The average Bonchev–Trinajstić information content (AvgIpc) is 3.28. The Hall–Kier alpha value is -2.14. The molecule has 30 heavy (non-hydrogen) atoms. The van der Waals surface area contributed by atoms with Crippen LogP contribution in [0.3, 0.4) is 0 Å². The van der Waals surface area contributed by atoms with Crippen LogP contribution >= 0.6 is 46.2 Å². The number of thioether (sulfide) groups is 2. The van der Waals surface area contributed by atoms with E-state index in [0.717, 1.165) is 31.3 Å². The SMILES string of the molecule is O=c1sc2nn1Cc1ccccc1Cn1nc(sc1=O)SCc1ccccc1CS2. The van der Waals surface area contributed by atoms with Crippen LogP contribution in [0.1, 0.15) is 22.3 Å². The van der Waals surface area contributed by atoms with Crippen molar-refractivity contribution in [1.29, 1.82) is 0 Å². The molecule has 0 saturated heterocycles. The molecule has 4 aromatic rings. The van der Waals surface area contributed by atoms with Gasteiger partial charge in [0.25, 0.3) is 0 Å². The maximum absolute atomic E-state index is 12.5. The largest absolute Gasteiger partial charge is 0.326 e. The number of nitrogens with zero attached hydrogens (tertiary/aromatic N) is 4. The summed E-state index contributed by atoms with van der Waals surface area (Å²) in [6.07, 6.45) is 0. The lowest BCUT2D eigenvalue weighted by atomic mass is 10.1. The summed E-state index contributed by atoms with van der Waals surface area (Å²) in [5.41, 5.74) is 4.34. The van der Waals surface area contributed by atoms with Gasteiger partial charge in [0.1, 0.15) is 0 Å². The maximum atomic E-state index is 12.5. The number of aromatic nitrogens is 4. The van der Waals surface area contributed by atoms with E-state index >= 15 is 0 Å². The van der Waals surface area contributed by atoms with Crippen LogP contribution in [0.4, 0.5) is 0 Å². The second-order valence-electron chi connectivity index (χ2n) is 6.70. The molecule has 0 atom stereocenters. The first-order chi connectivity index (χ1) is 14.7. The molecule has 1 aliphatic rings. The quantitative estimate of drug-likeness (QED) is 0.386. The first-order valence-electron chi connectivity index (χ1n) is 9.21. The number of fused-ring (bicyclic) bond motifs is 6. The van der Waals surface area contributed by atoms with Crippen molar-refractivity contribution in [2.75, 3.05) is 0 Å². The van der Waals surface area contributed by atoms with Gasteiger partial charge in [-0.3, -0.25) is 9.59 Å². The molecule has 0 saturated carbocycles.